The molecule has 3 rings (SSSR count). The zero-order chi connectivity index (χ0) is 7.97. The Kier molecular flexibility index (Phi) is 1.21. The topological polar surface area (TPSA) is 24.1 Å². The fraction of sp³-hybridized carbons (Fsp3) is 0.400. The van der Waals surface area contributed by atoms with Crippen molar-refractivity contribution in [2.24, 2.45) is 0 Å². The molecule has 3 aliphatic rings. The van der Waals surface area contributed by atoms with Crippen molar-refractivity contribution in [1.29, 1.82) is 0 Å². The second kappa shape index (κ2) is 2.23. The van der Waals surface area contributed by atoms with Crippen LogP contribution in [0.5, 0.6) is 0 Å². The van der Waals surface area contributed by atoms with E-state index in [4.69, 9.17) is 0 Å². The van der Waals surface area contributed by atoms with Crippen molar-refractivity contribution in [3.8, 4) is 0 Å². The van der Waals surface area contributed by atoms with Crippen LogP contribution in [0.25, 0.3) is 0 Å². The van der Waals surface area contributed by atoms with Crippen molar-refractivity contribution in [3.63, 3.8) is 0 Å². The van der Waals surface area contributed by atoms with Gasteiger partial charge >= 0.3 is 0 Å². The predicted octanol–water partition coefficient (Wildman–Crippen LogP) is 0.700. The lowest BCUT2D eigenvalue weighted by Crippen LogP contribution is -2.30. The van der Waals surface area contributed by atoms with Crippen molar-refractivity contribution >= 4 is 0 Å². The van der Waals surface area contributed by atoms with Crippen LogP contribution < -0.4 is 10.6 Å². The summed E-state index contributed by atoms with van der Waals surface area (Å²) in [5.41, 5.74) is 2.88. The Morgan fingerprint density at radius 1 is 1.33 bits per heavy atom. The van der Waals surface area contributed by atoms with Gasteiger partial charge in [-0.3, -0.25) is 5.32 Å². The van der Waals surface area contributed by atoms with E-state index in [1.54, 1.807) is 0 Å². The molecule has 2 nitrogen and oxygen atoms in total. The lowest BCUT2D eigenvalue weighted by atomic mass is 10.0. The standard InChI is InChI=1S/C10H12N2/c1-2-4-8-7(3-1)10-9(12-8)5-6-11-10/h1-4,8-9,11-12H,5-6H2. The minimum absolute atomic E-state index is 0.475. The Labute approximate surface area is 72.0 Å². The van der Waals surface area contributed by atoms with E-state index in [2.05, 4.69) is 34.9 Å². The first-order valence-corrected chi connectivity index (χ1v) is 4.54. The molecule has 1 saturated heterocycles. The summed E-state index contributed by atoms with van der Waals surface area (Å²) in [4.78, 5) is 0. The summed E-state index contributed by atoms with van der Waals surface area (Å²) in [6.45, 7) is 1.13. The van der Waals surface area contributed by atoms with Gasteiger partial charge < -0.3 is 5.32 Å². The van der Waals surface area contributed by atoms with Gasteiger partial charge in [-0.1, -0.05) is 24.3 Å². The molecule has 2 unspecified atom stereocenters. The van der Waals surface area contributed by atoms with Gasteiger partial charge in [0.15, 0.2) is 0 Å². The van der Waals surface area contributed by atoms with Crippen LogP contribution in [-0.4, -0.2) is 18.6 Å². The molecule has 0 radical (unpaired) electrons. The maximum absolute atomic E-state index is 3.58. The van der Waals surface area contributed by atoms with Gasteiger partial charge in [0.05, 0.1) is 6.04 Å². The Morgan fingerprint density at radius 3 is 3.33 bits per heavy atom. The second-order valence-corrected chi connectivity index (χ2v) is 3.53. The normalized spacial score (nSPS) is 36.7. The number of nitrogens with one attached hydrogen (secondary N) is 2. The average Bonchev–Trinajstić information content (AvgIpc) is 2.62. The van der Waals surface area contributed by atoms with Gasteiger partial charge in [-0.05, 0) is 12.0 Å². The van der Waals surface area contributed by atoms with Crippen LogP contribution >= 0.6 is 0 Å². The third-order valence-corrected chi connectivity index (χ3v) is 2.81. The van der Waals surface area contributed by atoms with Gasteiger partial charge in [0, 0.05) is 18.3 Å². The minimum Gasteiger partial charge on any atom is -0.387 e. The number of allylic oxidation sites excluding steroid dienone is 2. The van der Waals surface area contributed by atoms with Crippen LogP contribution in [0.2, 0.25) is 0 Å². The van der Waals surface area contributed by atoms with E-state index in [1.165, 1.54) is 17.7 Å². The largest absolute Gasteiger partial charge is 0.387 e. The zero-order valence-electron chi connectivity index (χ0n) is 6.88. The minimum atomic E-state index is 0.475. The van der Waals surface area contributed by atoms with Gasteiger partial charge in [-0.25, -0.2) is 0 Å². The molecule has 1 aliphatic carbocycles. The van der Waals surface area contributed by atoms with Gasteiger partial charge in [0.2, 0.25) is 0 Å². The van der Waals surface area contributed by atoms with Crippen LogP contribution in [0.15, 0.2) is 35.6 Å². The highest BCUT2D eigenvalue weighted by Gasteiger charge is 2.33. The Hall–Kier alpha value is -1.02. The number of hydrogen-bond acceptors (Lipinski definition) is 2. The quantitative estimate of drug-likeness (QED) is 0.545. The van der Waals surface area contributed by atoms with Gasteiger partial charge in [-0.2, -0.15) is 0 Å². The molecule has 0 spiro atoms. The highest BCUT2D eigenvalue weighted by atomic mass is 15.1. The molecule has 0 aromatic heterocycles. The molecule has 0 bridgehead atoms. The second-order valence-electron chi connectivity index (χ2n) is 3.53. The van der Waals surface area contributed by atoms with Crippen LogP contribution in [-0.2, 0) is 0 Å². The molecule has 12 heavy (non-hydrogen) atoms. The Bertz CT molecular complexity index is 299. The molecule has 0 aromatic carbocycles. The van der Waals surface area contributed by atoms with E-state index in [-0.39, 0.29) is 0 Å². The van der Waals surface area contributed by atoms with Gasteiger partial charge in [0.25, 0.3) is 0 Å². The maximum Gasteiger partial charge on any atom is 0.0532 e. The van der Waals surface area contributed by atoms with Gasteiger partial charge in [0.1, 0.15) is 0 Å². The fourth-order valence-corrected chi connectivity index (χ4v) is 2.25. The lowest BCUT2D eigenvalue weighted by molar-refractivity contribution is 0.607. The molecule has 2 N–H and O–H groups in total. The molecule has 2 aliphatic heterocycles. The van der Waals surface area contributed by atoms with E-state index >= 15 is 0 Å². The van der Waals surface area contributed by atoms with Crippen LogP contribution in [0.4, 0.5) is 0 Å². The molecular formula is C10H12N2. The summed E-state index contributed by atoms with van der Waals surface area (Å²) in [6.07, 6.45) is 9.90. The van der Waals surface area contributed by atoms with E-state index in [0.29, 0.717) is 12.1 Å². The Morgan fingerprint density at radius 2 is 2.33 bits per heavy atom. The van der Waals surface area contributed by atoms with E-state index in [0.717, 1.165) is 6.54 Å². The van der Waals surface area contributed by atoms with Crippen molar-refractivity contribution in [2.75, 3.05) is 6.54 Å². The number of rotatable bonds is 0. The molecule has 0 amide bonds. The van der Waals surface area contributed by atoms with Crippen molar-refractivity contribution < 1.29 is 0 Å². The summed E-state index contributed by atoms with van der Waals surface area (Å²) in [5.74, 6) is 0. The summed E-state index contributed by atoms with van der Waals surface area (Å²) in [6, 6.07) is 1.07. The lowest BCUT2D eigenvalue weighted by Gasteiger charge is -2.12. The summed E-state index contributed by atoms with van der Waals surface area (Å²) in [7, 11) is 0. The van der Waals surface area contributed by atoms with Crippen LogP contribution in [0, 0.1) is 0 Å². The summed E-state index contributed by atoms with van der Waals surface area (Å²) in [5, 5.41) is 7.03. The van der Waals surface area contributed by atoms with Crippen molar-refractivity contribution in [1.82, 2.24) is 10.6 Å². The van der Waals surface area contributed by atoms with Crippen LogP contribution in [0.1, 0.15) is 6.42 Å². The van der Waals surface area contributed by atoms with E-state index in [9.17, 15) is 0 Å². The summed E-state index contributed by atoms with van der Waals surface area (Å²) < 4.78 is 0. The van der Waals surface area contributed by atoms with Crippen LogP contribution in [0.3, 0.4) is 0 Å². The third-order valence-electron chi connectivity index (χ3n) is 2.81. The number of fused-ring (bicyclic) bond motifs is 2. The monoisotopic (exact) mass is 160 g/mol. The van der Waals surface area contributed by atoms with Gasteiger partial charge in [-0.15, -0.1) is 0 Å². The molecule has 62 valence electrons. The molecular weight excluding hydrogens is 148 g/mol. The van der Waals surface area contributed by atoms with Crippen molar-refractivity contribution in [3.05, 3.63) is 35.6 Å². The van der Waals surface area contributed by atoms with E-state index < -0.39 is 0 Å². The average molecular weight is 160 g/mol. The third kappa shape index (κ3) is 0.730. The first-order chi connectivity index (χ1) is 5.95. The smallest absolute Gasteiger partial charge is 0.0532 e. The van der Waals surface area contributed by atoms with Crippen molar-refractivity contribution in [2.45, 2.75) is 18.5 Å². The SMILES string of the molecule is C1=CC2=C3NCCC3NC2C=C1. The molecule has 0 saturated carbocycles. The molecule has 2 heterocycles. The highest BCUT2D eigenvalue weighted by Crippen LogP contribution is 2.28. The number of hydrogen-bond donors (Lipinski definition) is 2. The molecule has 0 aromatic rings. The van der Waals surface area contributed by atoms with E-state index in [1.807, 2.05) is 0 Å². The Balaban J connectivity index is 2.06. The molecule has 1 fully saturated rings. The maximum atomic E-state index is 3.58. The molecule has 2 heteroatoms. The zero-order valence-corrected chi connectivity index (χ0v) is 6.88. The first-order valence-electron chi connectivity index (χ1n) is 4.54. The first kappa shape index (κ1) is 6.49. The fourth-order valence-electron chi connectivity index (χ4n) is 2.25. The molecule has 2 atom stereocenters. The summed E-state index contributed by atoms with van der Waals surface area (Å²) >= 11 is 0. The highest BCUT2D eigenvalue weighted by molar-refractivity contribution is 5.46. The predicted molar refractivity (Wildman–Crippen MR) is 48.6 cm³/mol.